The van der Waals surface area contributed by atoms with Crippen molar-refractivity contribution in [3.63, 3.8) is 0 Å². The summed E-state index contributed by atoms with van der Waals surface area (Å²) in [6, 6.07) is 6.13. The quantitative estimate of drug-likeness (QED) is 0.842. The Labute approximate surface area is 109 Å². The summed E-state index contributed by atoms with van der Waals surface area (Å²) in [5.74, 6) is 1.56. The van der Waals surface area contributed by atoms with Crippen molar-refractivity contribution < 1.29 is 9.84 Å². The highest BCUT2D eigenvalue weighted by Crippen LogP contribution is 2.28. The Morgan fingerprint density at radius 3 is 2.72 bits per heavy atom. The number of phenols is 1. The minimum Gasteiger partial charge on any atom is -0.504 e. The number of rotatable bonds is 5. The fraction of sp³-hybridized carbons (Fsp3) is 0.600. The summed E-state index contributed by atoms with van der Waals surface area (Å²) in [4.78, 5) is 0. The summed E-state index contributed by atoms with van der Waals surface area (Å²) in [6.45, 7) is 3.06. The largest absolute Gasteiger partial charge is 0.504 e. The van der Waals surface area contributed by atoms with Crippen molar-refractivity contribution in [1.82, 2.24) is 5.32 Å². The number of nitrogens with one attached hydrogen (secondary N) is 1. The molecule has 2 rings (SSSR count). The molecule has 1 aliphatic rings. The Bertz CT molecular complexity index is 386. The van der Waals surface area contributed by atoms with Gasteiger partial charge in [0.25, 0.3) is 0 Å². The average Bonchev–Trinajstić information content (AvgIpc) is 2.90. The van der Waals surface area contributed by atoms with Gasteiger partial charge in [0, 0.05) is 12.6 Å². The highest BCUT2D eigenvalue weighted by atomic mass is 16.5. The first-order valence-corrected chi connectivity index (χ1v) is 6.80. The molecule has 1 aromatic rings. The van der Waals surface area contributed by atoms with Gasteiger partial charge in [-0.1, -0.05) is 18.9 Å². The van der Waals surface area contributed by atoms with E-state index < -0.39 is 0 Å². The fourth-order valence-electron chi connectivity index (χ4n) is 2.75. The Kier molecular flexibility index (Phi) is 4.48. The first-order chi connectivity index (χ1) is 8.70. The van der Waals surface area contributed by atoms with Crippen LogP contribution in [0.4, 0.5) is 0 Å². The van der Waals surface area contributed by atoms with Gasteiger partial charge in [-0.2, -0.15) is 0 Å². The van der Waals surface area contributed by atoms with Crippen LogP contribution >= 0.6 is 0 Å². The van der Waals surface area contributed by atoms with Gasteiger partial charge in [-0.05, 0) is 43.4 Å². The predicted octanol–water partition coefficient (Wildman–Crippen LogP) is 3.07. The van der Waals surface area contributed by atoms with Gasteiger partial charge in [-0.15, -0.1) is 0 Å². The van der Waals surface area contributed by atoms with E-state index in [1.165, 1.54) is 25.7 Å². The van der Waals surface area contributed by atoms with Crippen LogP contribution in [0.1, 0.15) is 38.2 Å². The molecule has 0 saturated heterocycles. The van der Waals surface area contributed by atoms with Crippen molar-refractivity contribution in [3.8, 4) is 11.5 Å². The molecule has 1 aliphatic carbocycles. The number of hydrogen-bond donors (Lipinski definition) is 2. The van der Waals surface area contributed by atoms with Crippen LogP contribution in [0, 0.1) is 5.92 Å². The number of hydrogen-bond acceptors (Lipinski definition) is 3. The minimum atomic E-state index is 0.213. The standard InChI is InChI=1S/C15H23NO2/c1-11(13-5-3-4-6-13)16-10-12-7-8-15(18-2)14(17)9-12/h7-9,11,13,16-17H,3-6,10H2,1-2H3. The summed E-state index contributed by atoms with van der Waals surface area (Å²) < 4.78 is 5.04. The Morgan fingerprint density at radius 2 is 2.11 bits per heavy atom. The lowest BCUT2D eigenvalue weighted by molar-refractivity contribution is 0.369. The van der Waals surface area contributed by atoms with Gasteiger partial charge in [0.1, 0.15) is 0 Å². The van der Waals surface area contributed by atoms with E-state index in [1.54, 1.807) is 13.2 Å². The van der Waals surface area contributed by atoms with Crippen molar-refractivity contribution in [2.45, 2.75) is 45.2 Å². The monoisotopic (exact) mass is 249 g/mol. The lowest BCUT2D eigenvalue weighted by atomic mass is 9.99. The molecule has 1 fully saturated rings. The van der Waals surface area contributed by atoms with E-state index in [0.717, 1.165) is 18.0 Å². The predicted molar refractivity (Wildman–Crippen MR) is 72.9 cm³/mol. The molecule has 18 heavy (non-hydrogen) atoms. The second-order valence-electron chi connectivity index (χ2n) is 5.22. The third kappa shape index (κ3) is 3.16. The van der Waals surface area contributed by atoms with E-state index in [4.69, 9.17) is 4.74 Å². The number of benzene rings is 1. The summed E-state index contributed by atoms with van der Waals surface area (Å²) in [6.07, 6.45) is 5.45. The zero-order valence-corrected chi connectivity index (χ0v) is 11.3. The van der Waals surface area contributed by atoms with Crippen LogP contribution in [0.25, 0.3) is 0 Å². The van der Waals surface area contributed by atoms with Crippen molar-refractivity contribution in [3.05, 3.63) is 23.8 Å². The summed E-state index contributed by atoms with van der Waals surface area (Å²) in [7, 11) is 1.56. The van der Waals surface area contributed by atoms with E-state index in [2.05, 4.69) is 12.2 Å². The second kappa shape index (κ2) is 6.10. The summed E-state index contributed by atoms with van der Waals surface area (Å²) >= 11 is 0. The number of aromatic hydroxyl groups is 1. The molecule has 3 nitrogen and oxygen atoms in total. The third-order valence-corrected chi connectivity index (χ3v) is 3.98. The van der Waals surface area contributed by atoms with E-state index in [-0.39, 0.29) is 5.75 Å². The average molecular weight is 249 g/mol. The maximum atomic E-state index is 9.72. The first kappa shape index (κ1) is 13.2. The molecule has 0 radical (unpaired) electrons. The maximum Gasteiger partial charge on any atom is 0.160 e. The second-order valence-corrected chi connectivity index (χ2v) is 5.22. The maximum absolute atomic E-state index is 9.72. The molecule has 0 aliphatic heterocycles. The van der Waals surface area contributed by atoms with Gasteiger partial charge < -0.3 is 15.2 Å². The lowest BCUT2D eigenvalue weighted by Gasteiger charge is -2.20. The van der Waals surface area contributed by atoms with Crippen LogP contribution in [-0.2, 0) is 6.54 Å². The minimum absolute atomic E-state index is 0.213. The van der Waals surface area contributed by atoms with Crippen LogP contribution in [0.2, 0.25) is 0 Å². The number of ether oxygens (including phenoxy) is 1. The highest BCUT2D eigenvalue weighted by molar-refractivity contribution is 5.41. The van der Waals surface area contributed by atoms with Crippen LogP contribution in [-0.4, -0.2) is 18.3 Å². The van der Waals surface area contributed by atoms with Crippen molar-refractivity contribution >= 4 is 0 Å². The van der Waals surface area contributed by atoms with Crippen LogP contribution in [0.3, 0.4) is 0 Å². The molecule has 1 aromatic carbocycles. The molecule has 100 valence electrons. The molecular formula is C15H23NO2. The zero-order chi connectivity index (χ0) is 13.0. The molecule has 3 heteroatoms. The zero-order valence-electron chi connectivity index (χ0n) is 11.3. The summed E-state index contributed by atoms with van der Waals surface area (Å²) in [5, 5.41) is 13.3. The topological polar surface area (TPSA) is 41.5 Å². The van der Waals surface area contributed by atoms with Gasteiger partial charge in [0.2, 0.25) is 0 Å². The molecular weight excluding hydrogens is 226 g/mol. The highest BCUT2D eigenvalue weighted by Gasteiger charge is 2.20. The van der Waals surface area contributed by atoms with Crippen molar-refractivity contribution in [2.75, 3.05) is 7.11 Å². The van der Waals surface area contributed by atoms with Gasteiger partial charge in [0.15, 0.2) is 11.5 Å². The SMILES string of the molecule is COc1ccc(CNC(C)C2CCCC2)cc1O. The third-order valence-electron chi connectivity index (χ3n) is 3.98. The molecule has 1 atom stereocenters. The smallest absolute Gasteiger partial charge is 0.160 e. The van der Waals surface area contributed by atoms with Gasteiger partial charge in [-0.3, -0.25) is 0 Å². The molecule has 0 aromatic heterocycles. The molecule has 0 heterocycles. The fourth-order valence-corrected chi connectivity index (χ4v) is 2.75. The lowest BCUT2D eigenvalue weighted by Crippen LogP contribution is -2.31. The van der Waals surface area contributed by atoms with Gasteiger partial charge >= 0.3 is 0 Å². The van der Waals surface area contributed by atoms with Gasteiger partial charge in [0.05, 0.1) is 7.11 Å². The summed E-state index contributed by atoms with van der Waals surface area (Å²) in [5.41, 5.74) is 1.10. The van der Waals surface area contributed by atoms with Crippen LogP contribution in [0.5, 0.6) is 11.5 Å². The Morgan fingerprint density at radius 1 is 1.39 bits per heavy atom. The first-order valence-electron chi connectivity index (χ1n) is 6.80. The van der Waals surface area contributed by atoms with Crippen molar-refractivity contribution in [1.29, 1.82) is 0 Å². The normalized spacial score (nSPS) is 17.9. The van der Waals surface area contributed by atoms with Crippen LogP contribution < -0.4 is 10.1 Å². The molecule has 1 saturated carbocycles. The van der Waals surface area contributed by atoms with E-state index >= 15 is 0 Å². The molecule has 0 amide bonds. The molecule has 0 spiro atoms. The molecule has 0 bridgehead atoms. The van der Waals surface area contributed by atoms with Crippen LogP contribution in [0.15, 0.2) is 18.2 Å². The van der Waals surface area contributed by atoms with E-state index in [1.807, 2.05) is 12.1 Å². The van der Waals surface area contributed by atoms with E-state index in [0.29, 0.717) is 11.8 Å². The van der Waals surface area contributed by atoms with Crippen molar-refractivity contribution in [2.24, 2.45) is 5.92 Å². The number of phenolic OH excluding ortho intramolecular Hbond substituents is 1. The Hall–Kier alpha value is -1.22. The van der Waals surface area contributed by atoms with Gasteiger partial charge in [-0.25, -0.2) is 0 Å². The number of methoxy groups -OCH3 is 1. The molecule has 2 N–H and O–H groups in total. The van der Waals surface area contributed by atoms with E-state index in [9.17, 15) is 5.11 Å². The Balaban J connectivity index is 1.87. The molecule has 1 unspecified atom stereocenters.